The van der Waals surface area contributed by atoms with Crippen LogP contribution in [0.25, 0.3) is 0 Å². The van der Waals surface area contributed by atoms with Crippen LogP contribution >= 0.6 is 11.6 Å². The van der Waals surface area contributed by atoms with Gasteiger partial charge in [0.25, 0.3) is 0 Å². The van der Waals surface area contributed by atoms with Crippen LogP contribution in [-0.4, -0.2) is 54.5 Å². The predicted octanol–water partition coefficient (Wildman–Crippen LogP) is 4.27. The molecule has 37 heavy (non-hydrogen) atoms. The SMILES string of the molecule is COC1CC(C(=O)Nc2ccc(N3C(=O)C(C)C(C)(C)C3=O)cc2F)N(C(=O)Nc2ccc(Cl)cc2)C1. The van der Waals surface area contributed by atoms with E-state index in [1.807, 2.05) is 0 Å². The van der Waals surface area contributed by atoms with Crippen molar-refractivity contribution in [3.63, 3.8) is 0 Å². The molecular formula is C26H28ClFN4O5. The molecule has 0 spiro atoms. The Morgan fingerprint density at radius 1 is 1.11 bits per heavy atom. The second kappa shape index (κ2) is 10.1. The molecular weight excluding hydrogens is 503 g/mol. The maximum absolute atomic E-state index is 15.0. The van der Waals surface area contributed by atoms with E-state index in [9.17, 15) is 19.2 Å². The quantitative estimate of drug-likeness (QED) is 0.561. The number of urea groups is 1. The van der Waals surface area contributed by atoms with Crippen molar-refractivity contribution in [3.05, 3.63) is 53.3 Å². The Balaban J connectivity index is 1.50. The molecule has 2 saturated heterocycles. The summed E-state index contributed by atoms with van der Waals surface area (Å²) in [6.45, 7) is 5.18. The number of ether oxygens (including phenoxy) is 1. The Morgan fingerprint density at radius 2 is 1.78 bits per heavy atom. The summed E-state index contributed by atoms with van der Waals surface area (Å²) < 4.78 is 20.4. The number of likely N-dealkylation sites (tertiary alicyclic amines) is 1. The molecule has 2 aliphatic rings. The fraction of sp³-hybridized carbons (Fsp3) is 0.385. The van der Waals surface area contributed by atoms with Crippen molar-refractivity contribution in [2.45, 2.75) is 39.3 Å². The molecule has 2 aliphatic heterocycles. The van der Waals surface area contributed by atoms with Crippen LogP contribution in [0.5, 0.6) is 0 Å². The highest BCUT2D eigenvalue weighted by Crippen LogP contribution is 2.40. The van der Waals surface area contributed by atoms with Gasteiger partial charge in [-0.1, -0.05) is 32.4 Å². The number of nitrogens with one attached hydrogen (secondary N) is 2. The third kappa shape index (κ3) is 5.03. The molecule has 4 rings (SSSR count). The topological polar surface area (TPSA) is 108 Å². The molecule has 0 bridgehead atoms. The van der Waals surface area contributed by atoms with Crippen molar-refractivity contribution >= 4 is 52.4 Å². The number of imide groups is 1. The summed E-state index contributed by atoms with van der Waals surface area (Å²) >= 11 is 5.89. The highest BCUT2D eigenvalue weighted by Gasteiger charge is 2.51. The standard InChI is InChI=1S/C26H28ClFN4O5/c1-14-23(34)32(24(35)26(14,2)3)17-9-10-20(19(28)11-17)30-22(33)21-12-18(37-4)13-31(21)25(36)29-16-7-5-15(27)6-8-16/h5-11,14,18,21H,12-13H2,1-4H3,(H,29,36)(H,30,33). The summed E-state index contributed by atoms with van der Waals surface area (Å²) in [5, 5.41) is 5.76. The van der Waals surface area contributed by atoms with Crippen LogP contribution in [0, 0.1) is 17.2 Å². The van der Waals surface area contributed by atoms with Crippen molar-refractivity contribution in [1.82, 2.24) is 4.90 Å². The lowest BCUT2D eigenvalue weighted by molar-refractivity contribution is -0.125. The summed E-state index contributed by atoms with van der Waals surface area (Å²) in [5.74, 6) is -2.79. The van der Waals surface area contributed by atoms with E-state index in [-0.39, 0.29) is 30.4 Å². The summed E-state index contributed by atoms with van der Waals surface area (Å²) in [5.41, 5.74) is -0.456. The van der Waals surface area contributed by atoms with Gasteiger partial charge in [-0.3, -0.25) is 14.4 Å². The summed E-state index contributed by atoms with van der Waals surface area (Å²) in [7, 11) is 1.49. The van der Waals surface area contributed by atoms with E-state index in [0.717, 1.165) is 11.0 Å². The van der Waals surface area contributed by atoms with E-state index in [2.05, 4.69) is 10.6 Å². The molecule has 196 valence electrons. The zero-order chi connectivity index (χ0) is 27.1. The van der Waals surface area contributed by atoms with E-state index in [1.165, 1.54) is 24.1 Å². The number of nitrogens with zero attached hydrogens (tertiary/aromatic N) is 2. The smallest absolute Gasteiger partial charge is 0.322 e. The van der Waals surface area contributed by atoms with Crippen LogP contribution in [0.15, 0.2) is 42.5 Å². The molecule has 0 saturated carbocycles. The predicted molar refractivity (Wildman–Crippen MR) is 137 cm³/mol. The number of hydrogen-bond donors (Lipinski definition) is 2. The van der Waals surface area contributed by atoms with E-state index >= 15 is 4.39 Å². The molecule has 0 aromatic heterocycles. The fourth-order valence-corrected chi connectivity index (χ4v) is 4.58. The molecule has 0 aliphatic carbocycles. The highest BCUT2D eigenvalue weighted by molar-refractivity contribution is 6.30. The van der Waals surface area contributed by atoms with Gasteiger partial charge in [0.1, 0.15) is 11.9 Å². The van der Waals surface area contributed by atoms with E-state index in [1.54, 1.807) is 45.0 Å². The lowest BCUT2D eigenvalue weighted by atomic mass is 9.82. The lowest BCUT2D eigenvalue weighted by Gasteiger charge is -2.24. The van der Waals surface area contributed by atoms with Crippen molar-refractivity contribution in [1.29, 1.82) is 0 Å². The Kier molecular flexibility index (Phi) is 7.25. The first-order chi connectivity index (χ1) is 17.4. The van der Waals surface area contributed by atoms with Gasteiger partial charge in [0.05, 0.1) is 28.8 Å². The number of carbonyl (C=O) groups excluding carboxylic acids is 4. The summed E-state index contributed by atoms with van der Waals surface area (Å²) in [6, 6.07) is 8.82. The number of amides is 5. The van der Waals surface area contributed by atoms with Crippen LogP contribution in [0.1, 0.15) is 27.2 Å². The number of methoxy groups -OCH3 is 1. The first-order valence-corrected chi connectivity index (χ1v) is 12.2. The van der Waals surface area contributed by atoms with Gasteiger partial charge in [-0.2, -0.15) is 0 Å². The number of halogens is 2. The zero-order valence-electron chi connectivity index (χ0n) is 20.9. The minimum atomic E-state index is -0.917. The van der Waals surface area contributed by atoms with Crippen molar-refractivity contribution in [2.75, 3.05) is 29.2 Å². The average Bonchev–Trinajstić information content (AvgIpc) is 3.36. The molecule has 2 heterocycles. The Bertz CT molecular complexity index is 1250. The minimum Gasteiger partial charge on any atom is -0.380 e. The molecule has 2 aromatic rings. The molecule has 2 fully saturated rings. The molecule has 9 nitrogen and oxygen atoms in total. The van der Waals surface area contributed by atoms with Crippen molar-refractivity contribution in [2.24, 2.45) is 11.3 Å². The van der Waals surface area contributed by atoms with E-state index in [0.29, 0.717) is 10.7 Å². The zero-order valence-corrected chi connectivity index (χ0v) is 21.6. The number of anilines is 3. The maximum Gasteiger partial charge on any atom is 0.322 e. The maximum atomic E-state index is 15.0. The van der Waals surface area contributed by atoms with Gasteiger partial charge < -0.3 is 20.3 Å². The Labute approximate surface area is 218 Å². The monoisotopic (exact) mass is 530 g/mol. The van der Waals surface area contributed by atoms with Gasteiger partial charge in [0.2, 0.25) is 17.7 Å². The fourth-order valence-electron chi connectivity index (χ4n) is 4.45. The second-order valence-corrected chi connectivity index (χ2v) is 10.2. The third-order valence-corrected chi connectivity index (χ3v) is 7.40. The van der Waals surface area contributed by atoms with Gasteiger partial charge in [0, 0.05) is 36.9 Å². The molecule has 2 N–H and O–H groups in total. The number of rotatable bonds is 5. The highest BCUT2D eigenvalue weighted by atomic mass is 35.5. The molecule has 2 aromatic carbocycles. The average molecular weight is 531 g/mol. The van der Waals surface area contributed by atoms with Gasteiger partial charge in [-0.05, 0) is 36.4 Å². The molecule has 11 heteroatoms. The van der Waals surface area contributed by atoms with Gasteiger partial charge in [-0.25, -0.2) is 14.1 Å². The van der Waals surface area contributed by atoms with Crippen LogP contribution < -0.4 is 15.5 Å². The molecule has 0 radical (unpaired) electrons. The Hall–Kier alpha value is -3.50. The first-order valence-electron chi connectivity index (χ1n) is 11.8. The Morgan fingerprint density at radius 3 is 2.35 bits per heavy atom. The van der Waals surface area contributed by atoms with Gasteiger partial charge in [0.15, 0.2) is 0 Å². The molecule has 3 unspecified atom stereocenters. The lowest BCUT2D eigenvalue weighted by Crippen LogP contribution is -2.45. The molecule has 3 atom stereocenters. The van der Waals surface area contributed by atoms with Crippen molar-refractivity contribution < 1.29 is 28.3 Å². The first kappa shape index (κ1) is 26.6. The minimum absolute atomic E-state index is 0.0900. The second-order valence-electron chi connectivity index (χ2n) is 9.77. The number of carbonyl (C=O) groups is 4. The largest absolute Gasteiger partial charge is 0.380 e. The van der Waals surface area contributed by atoms with E-state index < -0.39 is 46.9 Å². The van der Waals surface area contributed by atoms with Gasteiger partial charge >= 0.3 is 6.03 Å². The number of benzene rings is 2. The summed E-state index contributed by atoms with van der Waals surface area (Å²) in [4.78, 5) is 53.7. The van der Waals surface area contributed by atoms with Crippen LogP contribution in [0.4, 0.5) is 26.2 Å². The van der Waals surface area contributed by atoms with Crippen LogP contribution in [0.3, 0.4) is 0 Å². The summed E-state index contributed by atoms with van der Waals surface area (Å²) in [6.07, 6.45) is -0.156. The number of hydrogen-bond acceptors (Lipinski definition) is 5. The van der Waals surface area contributed by atoms with E-state index in [4.69, 9.17) is 16.3 Å². The van der Waals surface area contributed by atoms with Crippen molar-refractivity contribution in [3.8, 4) is 0 Å². The normalized spacial score (nSPS) is 22.9. The molecule has 5 amide bonds. The van der Waals surface area contributed by atoms with Crippen LogP contribution in [0.2, 0.25) is 5.02 Å². The van der Waals surface area contributed by atoms with Crippen LogP contribution in [-0.2, 0) is 19.1 Å². The third-order valence-electron chi connectivity index (χ3n) is 7.15. The van der Waals surface area contributed by atoms with Gasteiger partial charge in [-0.15, -0.1) is 0 Å².